The number of aryl methyl sites for hydroxylation is 1. The normalized spacial score (nSPS) is 20.6. The average molecular weight is 305 g/mol. The van der Waals surface area contributed by atoms with Crippen molar-refractivity contribution in [1.82, 2.24) is 14.7 Å². The second kappa shape index (κ2) is 6.53. The fraction of sp³-hybridized carbons (Fsp3) is 0.778. The molecule has 0 amide bonds. The number of likely N-dealkylation sites (tertiary alicyclic amines) is 1. The lowest BCUT2D eigenvalue weighted by molar-refractivity contribution is 0.0884. The van der Waals surface area contributed by atoms with Gasteiger partial charge >= 0.3 is 0 Å². The van der Waals surface area contributed by atoms with Gasteiger partial charge in [-0.3, -0.25) is 9.48 Å². The number of hydrogen-bond acceptors (Lipinski definition) is 3. The van der Waals surface area contributed by atoms with E-state index in [0.29, 0.717) is 24.1 Å². The van der Waals surface area contributed by atoms with Crippen LogP contribution in [-0.4, -0.2) is 39.6 Å². The highest BCUT2D eigenvalue weighted by Crippen LogP contribution is 2.25. The minimum Gasteiger partial charge on any atom is -0.301 e. The number of aromatic nitrogens is 2. The highest BCUT2D eigenvalue weighted by molar-refractivity contribution is 5.94. The predicted molar refractivity (Wildman–Crippen MR) is 90.3 cm³/mol. The predicted octanol–water partition coefficient (Wildman–Crippen LogP) is 3.41. The molecule has 2 heterocycles. The van der Waals surface area contributed by atoms with Crippen LogP contribution in [0, 0.1) is 5.92 Å². The molecule has 0 spiro atoms. The molecule has 4 heteroatoms. The Bertz CT molecular complexity index is 525. The molecule has 0 aromatic carbocycles. The van der Waals surface area contributed by atoms with Gasteiger partial charge in [-0.05, 0) is 45.2 Å². The summed E-state index contributed by atoms with van der Waals surface area (Å²) in [5, 5.41) is 4.45. The summed E-state index contributed by atoms with van der Waals surface area (Å²) in [4.78, 5) is 15.1. The van der Waals surface area contributed by atoms with Crippen LogP contribution < -0.4 is 0 Å². The quantitative estimate of drug-likeness (QED) is 0.800. The van der Waals surface area contributed by atoms with E-state index in [1.54, 1.807) is 0 Å². The molecule has 1 aliphatic rings. The van der Waals surface area contributed by atoms with Crippen molar-refractivity contribution in [2.75, 3.05) is 13.1 Å². The molecule has 0 unspecified atom stereocenters. The maximum Gasteiger partial charge on any atom is 0.183 e. The minimum atomic E-state index is 0.0135. The summed E-state index contributed by atoms with van der Waals surface area (Å²) in [6.07, 6.45) is 2.99. The van der Waals surface area contributed by atoms with Crippen LogP contribution in [0.15, 0.2) is 6.07 Å². The van der Waals surface area contributed by atoms with Crippen LogP contribution >= 0.6 is 0 Å². The molecule has 4 nitrogen and oxygen atoms in total. The second-order valence-corrected chi connectivity index (χ2v) is 8.01. The molecule has 1 saturated heterocycles. The average Bonchev–Trinajstić information content (AvgIpc) is 2.81. The van der Waals surface area contributed by atoms with E-state index in [2.05, 4.69) is 44.6 Å². The Balaban J connectivity index is 2.03. The Kier molecular flexibility index (Phi) is 5.10. The van der Waals surface area contributed by atoms with Gasteiger partial charge in [-0.25, -0.2) is 0 Å². The van der Waals surface area contributed by atoms with Crippen molar-refractivity contribution in [2.24, 2.45) is 13.0 Å². The molecule has 1 aromatic heterocycles. The Labute approximate surface area is 134 Å². The number of rotatable bonds is 4. The van der Waals surface area contributed by atoms with Crippen LogP contribution in [0.5, 0.6) is 0 Å². The summed E-state index contributed by atoms with van der Waals surface area (Å²) in [6, 6.07) is 2.55. The van der Waals surface area contributed by atoms with Crippen molar-refractivity contribution >= 4 is 5.78 Å². The van der Waals surface area contributed by atoms with Gasteiger partial charge in [-0.2, -0.15) is 5.10 Å². The van der Waals surface area contributed by atoms with Crippen LogP contribution in [0.2, 0.25) is 0 Å². The summed E-state index contributed by atoms with van der Waals surface area (Å²) in [5.41, 5.74) is 1.76. The standard InChI is InChI=1S/C18H31N3O/c1-13(2)21-9-7-8-14(12-21)10-16(22)15-11-17(18(3,4)5)20(6)19-15/h11,13-14H,7-10,12H2,1-6H3/t14-/m0/s1. The van der Waals surface area contributed by atoms with Crippen LogP contribution in [-0.2, 0) is 12.5 Å². The first kappa shape index (κ1) is 17.2. The highest BCUT2D eigenvalue weighted by Gasteiger charge is 2.26. The molecular weight excluding hydrogens is 274 g/mol. The van der Waals surface area contributed by atoms with Crippen molar-refractivity contribution in [2.45, 2.75) is 65.3 Å². The molecule has 2 rings (SSSR count). The van der Waals surface area contributed by atoms with E-state index in [1.807, 2.05) is 17.8 Å². The van der Waals surface area contributed by atoms with Crippen molar-refractivity contribution in [3.63, 3.8) is 0 Å². The summed E-state index contributed by atoms with van der Waals surface area (Å²) in [5.74, 6) is 0.672. The fourth-order valence-corrected chi connectivity index (χ4v) is 3.41. The number of Topliss-reactive ketones (excluding diaryl/α,β-unsaturated/α-hetero) is 1. The van der Waals surface area contributed by atoms with Crippen molar-refractivity contribution in [3.05, 3.63) is 17.5 Å². The third-order valence-corrected chi connectivity index (χ3v) is 4.69. The molecule has 1 fully saturated rings. The molecule has 22 heavy (non-hydrogen) atoms. The van der Waals surface area contributed by atoms with Crippen LogP contribution in [0.4, 0.5) is 0 Å². The first-order valence-corrected chi connectivity index (χ1v) is 8.50. The number of nitrogens with zero attached hydrogens (tertiary/aromatic N) is 3. The van der Waals surface area contributed by atoms with E-state index in [4.69, 9.17) is 0 Å². The lowest BCUT2D eigenvalue weighted by atomic mass is 9.90. The smallest absolute Gasteiger partial charge is 0.183 e. The molecule has 1 aromatic rings. The molecule has 1 aliphatic heterocycles. The first-order valence-electron chi connectivity index (χ1n) is 8.50. The summed E-state index contributed by atoms with van der Waals surface area (Å²) in [6.45, 7) is 13.1. The Morgan fingerprint density at radius 1 is 1.41 bits per heavy atom. The van der Waals surface area contributed by atoms with Gasteiger partial charge in [0.2, 0.25) is 0 Å². The maximum absolute atomic E-state index is 12.6. The summed E-state index contributed by atoms with van der Waals surface area (Å²) in [7, 11) is 1.93. The zero-order valence-corrected chi connectivity index (χ0v) is 15.0. The largest absolute Gasteiger partial charge is 0.301 e. The third kappa shape index (κ3) is 3.97. The molecule has 0 aliphatic carbocycles. The van der Waals surface area contributed by atoms with Gasteiger partial charge in [0, 0.05) is 37.2 Å². The zero-order chi connectivity index (χ0) is 16.5. The Morgan fingerprint density at radius 3 is 2.64 bits per heavy atom. The molecule has 1 atom stereocenters. The van der Waals surface area contributed by atoms with E-state index in [-0.39, 0.29) is 11.2 Å². The van der Waals surface area contributed by atoms with Crippen molar-refractivity contribution in [3.8, 4) is 0 Å². The van der Waals surface area contributed by atoms with Gasteiger partial charge in [-0.1, -0.05) is 20.8 Å². The minimum absolute atomic E-state index is 0.0135. The molecule has 0 saturated carbocycles. The van der Waals surface area contributed by atoms with Crippen LogP contribution in [0.1, 0.15) is 70.1 Å². The van der Waals surface area contributed by atoms with E-state index in [9.17, 15) is 4.79 Å². The number of carbonyl (C=O) groups excluding carboxylic acids is 1. The Morgan fingerprint density at radius 2 is 2.09 bits per heavy atom. The number of hydrogen-bond donors (Lipinski definition) is 0. The maximum atomic E-state index is 12.6. The molecule has 124 valence electrons. The Hall–Kier alpha value is -1.16. The van der Waals surface area contributed by atoms with E-state index >= 15 is 0 Å². The molecule has 0 radical (unpaired) electrons. The van der Waals surface area contributed by atoms with Crippen molar-refractivity contribution < 1.29 is 4.79 Å². The van der Waals surface area contributed by atoms with Crippen LogP contribution in [0.3, 0.4) is 0 Å². The second-order valence-electron chi connectivity index (χ2n) is 8.01. The molecular formula is C18H31N3O. The van der Waals surface area contributed by atoms with Gasteiger partial charge < -0.3 is 4.90 Å². The molecule has 0 N–H and O–H groups in total. The van der Waals surface area contributed by atoms with E-state index < -0.39 is 0 Å². The lowest BCUT2D eigenvalue weighted by Crippen LogP contribution is -2.40. The SMILES string of the molecule is CC(C)N1CCC[C@@H](CC(=O)c2cc(C(C)(C)C)n(C)n2)C1. The lowest BCUT2D eigenvalue weighted by Gasteiger charge is -2.35. The summed E-state index contributed by atoms with van der Waals surface area (Å²) < 4.78 is 1.86. The summed E-state index contributed by atoms with van der Waals surface area (Å²) >= 11 is 0. The van der Waals surface area contributed by atoms with Crippen molar-refractivity contribution in [1.29, 1.82) is 0 Å². The zero-order valence-electron chi connectivity index (χ0n) is 15.0. The first-order chi connectivity index (χ1) is 10.2. The fourth-order valence-electron chi connectivity index (χ4n) is 3.41. The van der Waals surface area contributed by atoms with Gasteiger partial charge in [0.15, 0.2) is 5.78 Å². The van der Waals surface area contributed by atoms with E-state index in [1.165, 1.54) is 13.0 Å². The topological polar surface area (TPSA) is 38.1 Å². The van der Waals surface area contributed by atoms with E-state index in [0.717, 1.165) is 18.7 Å². The van der Waals surface area contributed by atoms with Gasteiger partial charge in [0.1, 0.15) is 5.69 Å². The number of piperidine rings is 1. The third-order valence-electron chi connectivity index (χ3n) is 4.69. The van der Waals surface area contributed by atoms with Gasteiger partial charge in [-0.15, -0.1) is 0 Å². The number of carbonyl (C=O) groups is 1. The van der Waals surface area contributed by atoms with Gasteiger partial charge in [0.05, 0.1) is 0 Å². The van der Waals surface area contributed by atoms with Gasteiger partial charge in [0.25, 0.3) is 0 Å². The molecule has 0 bridgehead atoms. The van der Waals surface area contributed by atoms with Crippen LogP contribution in [0.25, 0.3) is 0 Å². The number of ketones is 1. The monoisotopic (exact) mass is 305 g/mol. The highest BCUT2D eigenvalue weighted by atomic mass is 16.1.